The lowest BCUT2D eigenvalue weighted by Gasteiger charge is -2.20. The number of carbonyl (C=O) groups excluding carboxylic acids is 3. The van der Waals surface area contributed by atoms with E-state index in [4.69, 9.17) is 4.74 Å². The summed E-state index contributed by atoms with van der Waals surface area (Å²) in [6.07, 6.45) is 0. The summed E-state index contributed by atoms with van der Waals surface area (Å²) in [4.78, 5) is 39.3. The Bertz CT molecular complexity index is 899. The molecule has 0 radical (unpaired) electrons. The summed E-state index contributed by atoms with van der Waals surface area (Å²) in [6, 6.07) is 13.9. The van der Waals surface area contributed by atoms with Gasteiger partial charge in [-0.25, -0.2) is 4.79 Å². The van der Waals surface area contributed by atoms with Gasteiger partial charge in [-0.1, -0.05) is 18.2 Å². The predicted molar refractivity (Wildman–Crippen MR) is 107 cm³/mol. The van der Waals surface area contributed by atoms with Crippen LogP contribution in [0.15, 0.2) is 48.5 Å². The van der Waals surface area contributed by atoms with Gasteiger partial charge in [-0.3, -0.25) is 14.5 Å². The summed E-state index contributed by atoms with van der Waals surface area (Å²) in [5.74, 6) is 0.106. The molecule has 1 aliphatic heterocycles. The van der Waals surface area contributed by atoms with Gasteiger partial charge in [0.15, 0.2) is 0 Å². The van der Waals surface area contributed by atoms with Gasteiger partial charge in [0.25, 0.3) is 0 Å². The quantitative estimate of drug-likeness (QED) is 0.803. The molecule has 0 aromatic heterocycles. The number of hydrogen-bond donors (Lipinski definition) is 2. The average molecular weight is 382 g/mol. The molecule has 3 rings (SSSR count). The Morgan fingerprint density at radius 3 is 2.46 bits per heavy atom. The monoisotopic (exact) mass is 382 g/mol. The summed E-state index contributed by atoms with van der Waals surface area (Å²) in [7, 11) is 1.56. The zero-order chi connectivity index (χ0) is 20.1. The van der Waals surface area contributed by atoms with Crippen LogP contribution in [0.4, 0.5) is 21.9 Å². The van der Waals surface area contributed by atoms with E-state index in [9.17, 15) is 14.4 Å². The average Bonchev–Trinajstić information content (AvgIpc) is 3.01. The van der Waals surface area contributed by atoms with Crippen molar-refractivity contribution in [1.29, 1.82) is 0 Å². The maximum Gasteiger partial charge on any atom is 0.325 e. The van der Waals surface area contributed by atoms with E-state index in [1.807, 2.05) is 18.2 Å². The third kappa shape index (κ3) is 4.40. The van der Waals surface area contributed by atoms with Crippen LogP contribution in [0.25, 0.3) is 0 Å². The fourth-order valence-electron chi connectivity index (χ4n) is 3.06. The molecule has 28 heavy (non-hydrogen) atoms. The third-order valence-electron chi connectivity index (χ3n) is 4.27. The van der Waals surface area contributed by atoms with Crippen LogP contribution in [0.1, 0.15) is 6.92 Å². The maximum absolute atomic E-state index is 12.7. The molecule has 1 aliphatic rings. The van der Waals surface area contributed by atoms with Crippen LogP contribution in [0.2, 0.25) is 0 Å². The molecule has 0 aliphatic carbocycles. The molecule has 1 saturated heterocycles. The van der Waals surface area contributed by atoms with Crippen LogP contribution in [0, 0.1) is 0 Å². The highest BCUT2D eigenvalue weighted by Gasteiger charge is 2.32. The number of carbonyl (C=O) groups is 3. The van der Waals surface area contributed by atoms with Gasteiger partial charge >= 0.3 is 6.03 Å². The molecule has 0 unspecified atom stereocenters. The van der Waals surface area contributed by atoms with E-state index >= 15 is 0 Å². The highest BCUT2D eigenvalue weighted by Crippen LogP contribution is 2.30. The highest BCUT2D eigenvalue weighted by molar-refractivity contribution is 6.00. The molecule has 2 aromatic carbocycles. The fraction of sp³-hybridized carbons (Fsp3) is 0.250. The molecule has 8 nitrogen and oxygen atoms in total. The summed E-state index contributed by atoms with van der Waals surface area (Å²) in [5.41, 5.74) is 1.82. The first kappa shape index (κ1) is 19.2. The molecule has 4 amide bonds. The highest BCUT2D eigenvalue weighted by atomic mass is 16.5. The number of para-hydroxylation sites is 2. The Labute approximate surface area is 163 Å². The van der Waals surface area contributed by atoms with E-state index < -0.39 is 0 Å². The van der Waals surface area contributed by atoms with Gasteiger partial charge < -0.3 is 20.3 Å². The molecule has 1 heterocycles. The molecule has 2 N–H and O–H groups in total. The second-order valence-electron chi connectivity index (χ2n) is 6.34. The SMILES string of the molecule is COc1ccccc1N1CCN(CC(=O)Nc2cccc(NC(C)=O)c2)C1=O. The largest absolute Gasteiger partial charge is 0.495 e. The lowest BCUT2D eigenvalue weighted by atomic mass is 10.2. The van der Waals surface area contributed by atoms with Crippen molar-refractivity contribution in [3.05, 3.63) is 48.5 Å². The summed E-state index contributed by atoms with van der Waals surface area (Å²) in [5, 5.41) is 5.41. The van der Waals surface area contributed by atoms with Crippen molar-refractivity contribution in [1.82, 2.24) is 4.90 Å². The molecule has 0 saturated carbocycles. The lowest BCUT2D eigenvalue weighted by Crippen LogP contribution is -2.37. The number of anilines is 3. The van der Waals surface area contributed by atoms with Gasteiger partial charge in [0.05, 0.1) is 12.8 Å². The molecule has 2 aromatic rings. The topological polar surface area (TPSA) is 91.0 Å². The van der Waals surface area contributed by atoms with Crippen LogP contribution < -0.4 is 20.3 Å². The molecule has 0 spiro atoms. The predicted octanol–water partition coefficient (Wildman–Crippen LogP) is 2.53. The smallest absolute Gasteiger partial charge is 0.325 e. The lowest BCUT2D eigenvalue weighted by molar-refractivity contribution is -0.116. The first-order chi connectivity index (χ1) is 13.5. The Balaban J connectivity index is 1.62. The minimum absolute atomic E-state index is 0.0607. The van der Waals surface area contributed by atoms with Crippen molar-refractivity contribution >= 4 is 34.9 Å². The standard InChI is InChI=1S/C20H22N4O4/c1-14(25)21-15-6-5-7-16(12-15)22-19(26)13-23-10-11-24(20(23)27)17-8-3-4-9-18(17)28-2/h3-9,12H,10-11,13H2,1-2H3,(H,21,25)(H,22,26). The van der Waals surface area contributed by atoms with Crippen LogP contribution in [-0.2, 0) is 9.59 Å². The van der Waals surface area contributed by atoms with Crippen LogP contribution >= 0.6 is 0 Å². The van der Waals surface area contributed by atoms with E-state index in [0.29, 0.717) is 35.9 Å². The molecule has 0 bridgehead atoms. The number of nitrogens with zero attached hydrogens (tertiary/aromatic N) is 2. The van der Waals surface area contributed by atoms with E-state index in [2.05, 4.69) is 10.6 Å². The van der Waals surface area contributed by atoms with Gasteiger partial charge in [-0.05, 0) is 30.3 Å². The van der Waals surface area contributed by atoms with Crippen LogP contribution in [-0.4, -0.2) is 49.5 Å². The van der Waals surface area contributed by atoms with E-state index in [-0.39, 0.29) is 24.4 Å². The van der Waals surface area contributed by atoms with E-state index in [1.54, 1.807) is 42.3 Å². The van der Waals surface area contributed by atoms with Crippen LogP contribution in [0.3, 0.4) is 0 Å². The number of hydrogen-bond acceptors (Lipinski definition) is 4. The summed E-state index contributed by atoms with van der Waals surface area (Å²) in [6.45, 7) is 2.27. The number of urea groups is 1. The number of ether oxygens (including phenoxy) is 1. The number of methoxy groups -OCH3 is 1. The number of amides is 4. The zero-order valence-electron chi connectivity index (χ0n) is 15.8. The van der Waals surface area contributed by atoms with Crippen molar-refractivity contribution < 1.29 is 19.1 Å². The van der Waals surface area contributed by atoms with Crippen molar-refractivity contribution in [2.45, 2.75) is 6.92 Å². The van der Waals surface area contributed by atoms with Gasteiger partial charge in [-0.15, -0.1) is 0 Å². The van der Waals surface area contributed by atoms with E-state index in [1.165, 1.54) is 11.8 Å². The maximum atomic E-state index is 12.7. The fourth-order valence-corrected chi connectivity index (χ4v) is 3.06. The number of nitrogens with one attached hydrogen (secondary N) is 2. The van der Waals surface area contributed by atoms with Crippen molar-refractivity contribution in [3.63, 3.8) is 0 Å². The van der Waals surface area contributed by atoms with Gasteiger partial charge in [0.2, 0.25) is 11.8 Å². The van der Waals surface area contributed by atoms with Gasteiger partial charge in [0.1, 0.15) is 12.3 Å². The first-order valence-corrected chi connectivity index (χ1v) is 8.85. The summed E-state index contributed by atoms with van der Waals surface area (Å²) < 4.78 is 5.32. The second-order valence-corrected chi connectivity index (χ2v) is 6.34. The molecular weight excluding hydrogens is 360 g/mol. The first-order valence-electron chi connectivity index (χ1n) is 8.85. The molecule has 1 fully saturated rings. The number of rotatable bonds is 6. The third-order valence-corrected chi connectivity index (χ3v) is 4.27. The van der Waals surface area contributed by atoms with Crippen LogP contribution in [0.5, 0.6) is 5.75 Å². The molecule has 8 heteroatoms. The van der Waals surface area contributed by atoms with Gasteiger partial charge in [0, 0.05) is 31.4 Å². The Kier molecular flexibility index (Phi) is 5.78. The molecule has 0 atom stereocenters. The Morgan fingerprint density at radius 1 is 1.04 bits per heavy atom. The minimum atomic E-state index is -0.310. The molecular formula is C20H22N4O4. The van der Waals surface area contributed by atoms with Crippen molar-refractivity contribution in [2.24, 2.45) is 0 Å². The minimum Gasteiger partial charge on any atom is -0.495 e. The summed E-state index contributed by atoms with van der Waals surface area (Å²) >= 11 is 0. The normalized spacial score (nSPS) is 13.4. The molecule has 146 valence electrons. The van der Waals surface area contributed by atoms with Gasteiger partial charge in [-0.2, -0.15) is 0 Å². The van der Waals surface area contributed by atoms with Crippen molar-refractivity contribution in [3.8, 4) is 5.75 Å². The number of benzene rings is 2. The second kappa shape index (κ2) is 8.43. The zero-order valence-corrected chi connectivity index (χ0v) is 15.8. The Hall–Kier alpha value is -3.55. The Morgan fingerprint density at radius 2 is 1.75 bits per heavy atom. The van der Waals surface area contributed by atoms with Crippen molar-refractivity contribution in [2.75, 3.05) is 42.3 Å². The van der Waals surface area contributed by atoms with E-state index in [0.717, 1.165) is 0 Å².